The van der Waals surface area contributed by atoms with Gasteiger partial charge in [-0.3, -0.25) is 9.59 Å². The number of para-hydroxylation sites is 2. The molecule has 2 fully saturated rings. The van der Waals surface area contributed by atoms with Crippen molar-refractivity contribution in [3.8, 4) is 22.5 Å². The van der Waals surface area contributed by atoms with E-state index < -0.39 is 25.3 Å². The number of carbonyl (C=O) groups is 2. The van der Waals surface area contributed by atoms with E-state index in [4.69, 9.17) is 45.5 Å². The minimum Gasteiger partial charge on any atom is -0.399 e. The van der Waals surface area contributed by atoms with Crippen molar-refractivity contribution in [1.82, 2.24) is 44.2 Å². The molecule has 0 bridgehead atoms. The van der Waals surface area contributed by atoms with Crippen LogP contribution in [-0.4, -0.2) is 113 Å². The van der Waals surface area contributed by atoms with Gasteiger partial charge in [-0.15, -0.1) is 0 Å². The van der Waals surface area contributed by atoms with Crippen molar-refractivity contribution < 1.29 is 26.4 Å². The Morgan fingerprint density at radius 1 is 0.667 bits per heavy atom. The molecular formula is C59H67BrCl3N13O6S2. The third-order valence-electron chi connectivity index (χ3n) is 13.5. The minimum atomic E-state index is -3.75. The van der Waals surface area contributed by atoms with Gasteiger partial charge in [-0.2, -0.15) is 0 Å². The monoisotopic (exact) mass is 1300 g/mol. The zero-order chi connectivity index (χ0) is 59.1. The Labute approximate surface area is 513 Å². The fourth-order valence-electron chi connectivity index (χ4n) is 9.64. The van der Waals surface area contributed by atoms with Crippen LogP contribution in [0, 0.1) is 0 Å². The molecule has 0 aliphatic heterocycles. The third-order valence-corrected chi connectivity index (χ3v) is 17.7. The Kier molecular flexibility index (Phi) is 23.4. The van der Waals surface area contributed by atoms with E-state index in [2.05, 4.69) is 66.2 Å². The van der Waals surface area contributed by atoms with Crippen LogP contribution in [0.4, 0.5) is 23.3 Å². The standard InChI is InChI=1S/C30H34ClN7O3S.C24H25ClN6O2S.C4H4BrClO.CH4/c1-38(2)16-6-11-28(39)34-20-12-14-23(15-13-20)42(40,41)37-22-8-5-7-21(17-22)35-30-33-19-26(31)29(36-30)25-18-32-27-10-4-3-9-24(25)27;25-21-14-28-24(30-23(21)20-13-27-22-7-2-1-6-19(20)22)29-16-4-3-5-17(12-16)31-34(32,33)18-10-8-15(26)9-11-18;5-3-1-2-4(6)7;/h3-4,6,9-15,18-19,21-22,32,37H,5,7-8,16-17H2,1-2H3,(H,34,39)(H,33,35,36);1-2,6-11,13-14,16-17,27,31H,3-5,12,26H2,(H,28,29,30);1-2H,3H2;1H4/b11-6+;;2-1+;/t21-,22+;16-,17+;;/m11../s1. The number of nitrogen functional groups attached to an aromatic ring is 1. The molecule has 0 radical (unpaired) electrons. The molecule has 4 aromatic heterocycles. The number of nitrogens with one attached hydrogen (secondary N) is 7. The van der Waals surface area contributed by atoms with Crippen molar-refractivity contribution in [3.63, 3.8) is 0 Å². The lowest BCUT2D eigenvalue weighted by molar-refractivity contribution is -0.112. The summed E-state index contributed by atoms with van der Waals surface area (Å²) in [6.45, 7) is 0.645. The Morgan fingerprint density at radius 2 is 1.12 bits per heavy atom. The number of fused-ring (bicyclic) bond motifs is 2. The molecule has 0 spiro atoms. The zero-order valence-corrected chi connectivity index (χ0v) is 50.8. The summed E-state index contributed by atoms with van der Waals surface area (Å²) in [5.74, 6) is 0.642. The van der Waals surface area contributed by atoms with E-state index in [-0.39, 0.29) is 47.3 Å². The van der Waals surface area contributed by atoms with Crippen LogP contribution in [0.2, 0.25) is 10.0 Å². The smallest absolute Gasteiger partial charge is 0.248 e. The fourth-order valence-corrected chi connectivity index (χ4v) is 12.9. The van der Waals surface area contributed by atoms with E-state index in [1.165, 1.54) is 36.4 Å². The molecule has 2 aliphatic rings. The molecule has 0 saturated heterocycles. The number of aromatic amines is 2. The molecular weight excluding hydrogens is 1240 g/mol. The first-order chi connectivity index (χ1) is 39.8. The van der Waals surface area contributed by atoms with Crippen LogP contribution in [0.25, 0.3) is 44.3 Å². The van der Waals surface area contributed by atoms with Gasteiger partial charge in [-0.25, -0.2) is 46.2 Å². The number of likely N-dealkylation sites (N-methyl/N-ethyl adjacent to an activating group) is 1. The van der Waals surface area contributed by atoms with Crippen molar-refractivity contribution in [2.24, 2.45) is 0 Å². The van der Waals surface area contributed by atoms with Gasteiger partial charge in [0, 0.05) is 98.8 Å². The molecule has 8 aromatic rings. The van der Waals surface area contributed by atoms with E-state index in [1.807, 2.05) is 79.9 Å². The second kappa shape index (κ2) is 30.4. The second-order valence-electron chi connectivity index (χ2n) is 20.0. The number of benzene rings is 4. The summed E-state index contributed by atoms with van der Waals surface area (Å²) in [6, 6.07) is 27.9. The zero-order valence-electron chi connectivity index (χ0n) is 45.3. The number of carbonyl (C=O) groups excluding carboxylic acids is 2. The molecule has 4 atom stereocenters. The van der Waals surface area contributed by atoms with Crippen molar-refractivity contribution in [3.05, 3.63) is 156 Å². The number of amides is 1. The number of H-pyrrole nitrogens is 2. The van der Waals surface area contributed by atoms with Gasteiger partial charge in [0.2, 0.25) is 43.1 Å². The number of alkyl halides is 1. The lowest BCUT2D eigenvalue weighted by Gasteiger charge is -2.30. The van der Waals surface area contributed by atoms with Gasteiger partial charge >= 0.3 is 0 Å². The molecule has 444 valence electrons. The van der Waals surface area contributed by atoms with Crippen LogP contribution < -0.4 is 31.1 Å². The Hall–Kier alpha value is -6.73. The van der Waals surface area contributed by atoms with Gasteiger partial charge in [-0.05, 0) is 144 Å². The maximum atomic E-state index is 13.1. The highest BCUT2D eigenvalue weighted by Crippen LogP contribution is 2.35. The lowest BCUT2D eigenvalue weighted by atomic mass is 9.92. The molecule has 1 amide bonds. The van der Waals surface area contributed by atoms with Crippen LogP contribution in [0.1, 0.15) is 58.8 Å². The van der Waals surface area contributed by atoms with Crippen LogP contribution in [0.15, 0.2) is 156 Å². The van der Waals surface area contributed by atoms with Gasteiger partial charge < -0.3 is 36.6 Å². The van der Waals surface area contributed by atoms with Gasteiger partial charge in [0.1, 0.15) is 0 Å². The maximum Gasteiger partial charge on any atom is 0.248 e. The largest absolute Gasteiger partial charge is 0.399 e. The SMILES string of the molecule is C.CN(C)C/C=C/C(=O)Nc1ccc(S(=O)(=O)N[C@H]2CCC[C@@H](Nc3ncc(Cl)c(-c4c[nH]c5ccccc45)n3)C2)cc1.Nc1ccc(S(=O)(=O)N[C@H]2CCC[C@@H](Nc3ncc(Cl)c(-c4c[nH]c5ccccc45)n3)C2)cc1.O=C(Cl)/C=C/CBr. The first-order valence-corrected chi connectivity index (χ1v) is 31.8. The quantitative estimate of drug-likeness (QED) is 0.0172. The molecule has 84 heavy (non-hydrogen) atoms. The lowest BCUT2D eigenvalue weighted by Crippen LogP contribution is -2.41. The maximum absolute atomic E-state index is 13.1. The van der Waals surface area contributed by atoms with Gasteiger partial charge in [0.15, 0.2) is 0 Å². The van der Waals surface area contributed by atoms with Crippen LogP contribution in [-0.2, 0) is 29.6 Å². The van der Waals surface area contributed by atoms with E-state index >= 15 is 0 Å². The first-order valence-electron chi connectivity index (χ1n) is 26.6. The number of anilines is 4. The van der Waals surface area contributed by atoms with Crippen molar-refractivity contribution in [2.45, 2.75) is 92.8 Å². The van der Waals surface area contributed by atoms with Crippen molar-refractivity contribution >= 4 is 127 Å². The molecule has 19 nitrogen and oxygen atoms in total. The summed E-state index contributed by atoms with van der Waals surface area (Å²) < 4.78 is 57.5. The van der Waals surface area contributed by atoms with Crippen LogP contribution in [0.5, 0.6) is 0 Å². The number of sulfonamides is 2. The molecule has 0 unspecified atom stereocenters. The summed E-state index contributed by atoms with van der Waals surface area (Å²) in [5.41, 5.74) is 11.8. The summed E-state index contributed by atoms with van der Waals surface area (Å²) in [5, 5.41) is 12.7. The third kappa shape index (κ3) is 18.1. The van der Waals surface area contributed by atoms with E-state index in [0.717, 1.165) is 71.5 Å². The molecule has 4 aromatic carbocycles. The van der Waals surface area contributed by atoms with E-state index in [9.17, 15) is 26.4 Å². The molecule has 25 heteroatoms. The molecule has 2 aliphatic carbocycles. The molecule has 4 heterocycles. The molecule has 2 saturated carbocycles. The highest BCUT2D eigenvalue weighted by Gasteiger charge is 2.29. The predicted octanol–water partition coefficient (Wildman–Crippen LogP) is 11.9. The highest BCUT2D eigenvalue weighted by atomic mass is 79.9. The van der Waals surface area contributed by atoms with Gasteiger partial charge in [0.05, 0.1) is 43.6 Å². The normalized spacial score (nSPS) is 17.2. The highest BCUT2D eigenvalue weighted by molar-refractivity contribution is 9.09. The average Bonchev–Trinajstić information content (AvgIpc) is 3.70. The van der Waals surface area contributed by atoms with Crippen molar-refractivity contribution in [1.29, 1.82) is 0 Å². The fraction of sp³-hybridized carbons (Fsp3) is 0.288. The number of hydrogen-bond donors (Lipinski definition) is 8. The van der Waals surface area contributed by atoms with E-state index in [0.29, 0.717) is 69.4 Å². The van der Waals surface area contributed by atoms with Gasteiger partial charge in [-0.1, -0.05) is 95.1 Å². The van der Waals surface area contributed by atoms with Gasteiger partial charge in [0.25, 0.3) is 0 Å². The number of allylic oxidation sites excluding steroid dienone is 2. The Bertz CT molecular complexity index is 3810. The number of aromatic nitrogens is 6. The number of nitrogens with zero attached hydrogens (tertiary/aromatic N) is 5. The minimum absolute atomic E-state index is 0. The van der Waals surface area contributed by atoms with Crippen LogP contribution in [0.3, 0.4) is 0 Å². The summed E-state index contributed by atoms with van der Waals surface area (Å²) in [7, 11) is -3.55. The summed E-state index contributed by atoms with van der Waals surface area (Å²) >= 11 is 20.9. The summed E-state index contributed by atoms with van der Waals surface area (Å²) in [4.78, 5) is 48.9. The average molecular weight is 1300 g/mol. The second-order valence-corrected chi connectivity index (χ2v) is 25.3. The topological polar surface area (TPSA) is 275 Å². The van der Waals surface area contributed by atoms with Crippen LogP contribution >= 0.6 is 50.7 Å². The van der Waals surface area contributed by atoms with Crippen molar-refractivity contribution in [2.75, 3.05) is 47.7 Å². The summed E-state index contributed by atoms with van der Waals surface area (Å²) in [6.07, 6.45) is 19.3. The molecule has 10 rings (SSSR count). The Morgan fingerprint density at radius 3 is 1.56 bits per heavy atom. The first kappa shape index (κ1) is 64.8. The number of halogens is 4. The predicted molar refractivity (Wildman–Crippen MR) is 343 cm³/mol. The van der Waals surface area contributed by atoms with E-state index in [1.54, 1.807) is 48.8 Å². The number of rotatable bonds is 18. The number of hydrogen-bond acceptors (Lipinski definition) is 14. The molecule has 9 N–H and O–H groups in total. The number of nitrogens with two attached hydrogens (primary N) is 1. The Balaban J connectivity index is 0.000000217.